The molecule has 0 aliphatic rings. The fourth-order valence-electron chi connectivity index (χ4n) is 9.90. The summed E-state index contributed by atoms with van der Waals surface area (Å²) < 4.78 is 9.62. The lowest BCUT2D eigenvalue weighted by Crippen LogP contribution is -2.11. The van der Waals surface area contributed by atoms with E-state index in [0.29, 0.717) is 0 Å². The molecule has 0 saturated carbocycles. The van der Waals surface area contributed by atoms with Gasteiger partial charge in [-0.05, 0) is 121 Å². The van der Waals surface area contributed by atoms with Crippen LogP contribution >= 0.6 is 11.3 Å². The second-order valence-corrected chi connectivity index (χ2v) is 17.9. The summed E-state index contributed by atoms with van der Waals surface area (Å²) in [6.07, 6.45) is 0. The molecule has 13 rings (SSSR count). The zero-order valence-corrected chi connectivity index (χ0v) is 36.1. The summed E-state index contributed by atoms with van der Waals surface area (Å²) in [5.41, 5.74) is 14.1. The molecule has 0 saturated heterocycles. The minimum absolute atomic E-state index is 0.856. The standard InChI is InChI=1S/C62H39NOS/c1-4-14-40(15-5-1)47-30-33-52-57(38-47)64-62-51(43-18-8-3-9-19-43)34-35-55(61(52)62)63(56-37-48(41-16-6-2-7-17-41)39-59-60(56)53-22-12-13-23-58(53)65-59)49-31-28-42(29-32-49)46-27-26-45-25-24-44-20-10-11-21-50(44)54(45)36-46/h1-39H. The van der Waals surface area contributed by atoms with E-state index in [1.807, 2.05) is 11.3 Å². The number of rotatable bonds is 7. The molecule has 0 radical (unpaired) electrons. The van der Waals surface area contributed by atoms with Crippen LogP contribution in [0.3, 0.4) is 0 Å². The quantitative estimate of drug-likeness (QED) is 0.149. The molecule has 304 valence electrons. The Bertz CT molecular complexity index is 3920. The highest BCUT2D eigenvalue weighted by atomic mass is 32.1. The Morgan fingerprint density at radius 2 is 0.908 bits per heavy atom. The molecule has 0 aliphatic heterocycles. The lowest BCUT2D eigenvalue weighted by molar-refractivity contribution is 0.670. The Kier molecular flexibility index (Phi) is 8.75. The van der Waals surface area contributed by atoms with Crippen LogP contribution in [0.5, 0.6) is 0 Å². The van der Waals surface area contributed by atoms with Crippen LogP contribution in [0.1, 0.15) is 0 Å². The van der Waals surface area contributed by atoms with Crippen molar-refractivity contribution < 1.29 is 4.42 Å². The molecule has 13 aromatic rings. The van der Waals surface area contributed by atoms with Crippen molar-refractivity contribution in [3.63, 3.8) is 0 Å². The van der Waals surface area contributed by atoms with Crippen LogP contribution in [0.15, 0.2) is 241 Å². The first kappa shape index (κ1) is 37.3. The smallest absolute Gasteiger partial charge is 0.145 e. The summed E-state index contributed by atoms with van der Waals surface area (Å²) in [6.45, 7) is 0. The zero-order valence-electron chi connectivity index (χ0n) is 35.3. The Balaban J connectivity index is 1.09. The van der Waals surface area contributed by atoms with Gasteiger partial charge in [0.1, 0.15) is 11.2 Å². The maximum Gasteiger partial charge on any atom is 0.145 e. The maximum absolute atomic E-state index is 7.12. The molecule has 2 aromatic heterocycles. The predicted octanol–water partition coefficient (Wildman–Crippen LogP) is 18.4. The van der Waals surface area contributed by atoms with E-state index in [0.717, 1.165) is 61.3 Å². The number of thiophene rings is 1. The highest BCUT2D eigenvalue weighted by Crippen LogP contribution is 2.51. The minimum Gasteiger partial charge on any atom is -0.455 e. The molecule has 0 N–H and O–H groups in total. The zero-order chi connectivity index (χ0) is 42.8. The van der Waals surface area contributed by atoms with Gasteiger partial charge in [-0.15, -0.1) is 11.3 Å². The van der Waals surface area contributed by atoms with Gasteiger partial charge in [0.05, 0.1) is 16.8 Å². The van der Waals surface area contributed by atoms with Gasteiger partial charge in [-0.1, -0.05) is 176 Å². The monoisotopic (exact) mass is 845 g/mol. The molecule has 2 heterocycles. The van der Waals surface area contributed by atoms with E-state index in [-0.39, 0.29) is 0 Å². The molecular weight excluding hydrogens is 807 g/mol. The van der Waals surface area contributed by atoms with Crippen molar-refractivity contribution in [3.05, 3.63) is 237 Å². The van der Waals surface area contributed by atoms with Crippen molar-refractivity contribution in [2.75, 3.05) is 4.90 Å². The van der Waals surface area contributed by atoms with Crippen LogP contribution in [0.2, 0.25) is 0 Å². The number of hydrogen-bond donors (Lipinski definition) is 0. The number of anilines is 3. The van der Waals surface area contributed by atoms with Crippen molar-refractivity contribution in [2.45, 2.75) is 0 Å². The second kappa shape index (κ2) is 15.2. The highest BCUT2D eigenvalue weighted by Gasteiger charge is 2.26. The first-order chi connectivity index (χ1) is 32.2. The van der Waals surface area contributed by atoms with Gasteiger partial charge in [-0.2, -0.15) is 0 Å². The summed E-state index contributed by atoms with van der Waals surface area (Å²) in [7, 11) is 0. The van der Waals surface area contributed by atoms with Gasteiger partial charge in [0.15, 0.2) is 0 Å². The van der Waals surface area contributed by atoms with Gasteiger partial charge in [-0.25, -0.2) is 0 Å². The lowest BCUT2D eigenvalue weighted by Gasteiger charge is -2.28. The van der Waals surface area contributed by atoms with Gasteiger partial charge >= 0.3 is 0 Å². The molecule has 0 fully saturated rings. The number of hydrogen-bond acceptors (Lipinski definition) is 3. The van der Waals surface area contributed by atoms with Crippen molar-refractivity contribution in [1.29, 1.82) is 0 Å². The van der Waals surface area contributed by atoms with Gasteiger partial charge < -0.3 is 9.32 Å². The topological polar surface area (TPSA) is 16.4 Å². The molecule has 11 aromatic carbocycles. The van der Waals surface area contributed by atoms with E-state index in [4.69, 9.17) is 4.42 Å². The van der Waals surface area contributed by atoms with Crippen LogP contribution in [-0.4, -0.2) is 0 Å². The van der Waals surface area contributed by atoms with E-state index >= 15 is 0 Å². The molecule has 0 spiro atoms. The number of benzene rings is 11. The number of fused-ring (bicyclic) bond motifs is 9. The largest absolute Gasteiger partial charge is 0.455 e. The van der Waals surface area contributed by atoms with E-state index in [1.165, 1.54) is 64.0 Å². The summed E-state index contributed by atoms with van der Waals surface area (Å²) in [5.74, 6) is 0. The second-order valence-electron chi connectivity index (χ2n) is 16.8. The summed E-state index contributed by atoms with van der Waals surface area (Å²) >= 11 is 1.86. The third-order valence-electron chi connectivity index (χ3n) is 13.0. The fourth-order valence-corrected chi connectivity index (χ4v) is 11.1. The Hall–Kier alpha value is -8.24. The molecule has 2 nitrogen and oxygen atoms in total. The third-order valence-corrected chi connectivity index (χ3v) is 14.2. The van der Waals surface area contributed by atoms with Crippen molar-refractivity contribution >= 4 is 92.1 Å². The molecule has 3 heteroatoms. The van der Waals surface area contributed by atoms with E-state index in [1.54, 1.807) is 0 Å². The van der Waals surface area contributed by atoms with E-state index < -0.39 is 0 Å². The number of furan rings is 1. The van der Waals surface area contributed by atoms with Crippen molar-refractivity contribution in [3.8, 4) is 44.5 Å². The van der Waals surface area contributed by atoms with E-state index in [2.05, 4.69) is 241 Å². The lowest BCUT2D eigenvalue weighted by atomic mass is 9.96. The number of nitrogens with zero attached hydrogens (tertiary/aromatic N) is 1. The van der Waals surface area contributed by atoms with Crippen LogP contribution in [0.25, 0.3) is 108 Å². The first-order valence-corrected chi connectivity index (χ1v) is 23.0. The van der Waals surface area contributed by atoms with Gasteiger partial charge in [0.2, 0.25) is 0 Å². The molecule has 0 atom stereocenters. The third kappa shape index (κ3) is 6.31. The fraction of sp³-hybridized carbons (Fsp3) is 0. The molecule has 65 heavy (non-hydrogen) atoms. The average molecular weight is 846 g/mol. The van der Waals surface area contributed by atoms with Crippen LogP contribution in [0.4, 0.5) is 17.1 Å². The highest BCUT2D eigenvalue weighted by molar-refractivity contribution is 7.26. The normalized spacial score (nSPS) is 11.7. The van der Waals surface area contributed by atoms with Crippen LogP contribution in [0, 0.1) is 0 Å². The molecule has 0 aliphatic carbocycles. The van der Waals surface area contributed by atoms with Crippen molar-refractivity contribution in [1.82, 2.24) is 0 Å². The summed E-state index contributed by atoms with van der Waals surface area (Å²) in [5, 5.41) is 9.65. The average Bonchev–Trinajstić information content (AvgIpc) is 3.96. The predicted molar refractivity (Wildman–Crippen MR) is 278 cm³/mol. The van der Waals surface area contributed by atoms with Gasteiger partial charge in [0.25, 0.3) is 0 Å². The Morgan fingerprint density at radius 1 is 0.323 bits per heavy atom. The summed E-state index contributed by atoms with van der Waals surface area (Å²) in [4.78, 5) is 2.49. The van der Waals surface area contributed by atoms with Gasteiger partial charge in [-0.3, -0.25) is 0 Å². The van der Waals surface area contributed by atoms with Crippen LogP contribution < -0.4 is 4.90 Å². The Morgan fingerprint density at radius 3 is 1.68 bits per heavy atom. The minimum atomic E-state index is 0.856. The first-order valence-electron chi connectivity index (χ1n) is 22.1. The van der Waals surface area contributed by atoms with Crippen molar-refractivity contribution in [2.24, 2.45) is 0 Å². The van der Waals surface area contributed by atoms with Gasteiger partial charge in [0, 0.05) is 36.8 Å². The molecule has 0 amide bonds. The van der Waals surface area contributed by atoms with Crippen LogP contribution in [-0.2, 0) is 0 Å². The molecule has 0 bridgehead atoms. The molecule has 0 unspecified atom stereocenters. The summed E-state index contributed by atoms with van der Waals surface area (Å²) in [6, 6.07) is 85.9. The maximum atomic E-state index is 7.12. The Labute approximate surface area is 380 Å². The van der Waals surface area contributed by atoms with E-state index in [9.17, 15) is 0 Å². The molecular formula is C62H39NOS. The SMILES string of the molecule is c1ccc(-c2ccc3c(c2)oc2c(-c4ccccc4)ccc(N(c4ccc(-c5ccc6ccc7ccccc7c6c5)cc4)c4cc(-c5ccccc5)cc5sc6ccccc6c45)c23)cc1.